The van der Waals surface area contributed by atoms with E-state index in [1.807, 2.05) is 0 Å². The first-order valence-corrected chi connectivity index (χ1v) is 12.1. The summed E-state index contributed by atoms with van der Waals surface area (Å²) in [4.78, 5) is 0. The van der Waals surface area contributed by atoms with E-state index >= 15 is 0 Å². The van der Waals surface area contributed by atoms with Crippen LogP contribution in [-0.4, -0.2) is 12.6 Å². The first-order valence-electron chi connectivity index (χ1n) is 12.1. The Morgan fingerprint density at radius 1 is 0.440 bits per heavy atom. The Hall–Kier alpha value is -0.0400. The Balaban J connectivity index is 3.19. The molecule has 0 aromatic carbocycles. The minimum absolute atomic E-state index is 0.784. The lowest BCUT2D eigenvalue weighted by atomic mass is 10.0. The molecule has 0 aromatic heterocycles. The summed E-state index contributed by atoms with van der Waals surface area (Å²) in [6.07, 6.45) is 27.1. The molecular weight excluding hydrogens is 302 g/mol. The molecule has 1 atom stereocenters. The van der Waals surface area contributed by atoms with Crippen LogP contribution in [0.2, 0.25) is 0 Å². The summed E-state index contributed by atoms with van der Waals surface area (Å²) in [5, 5.41) is 3.80. The van der Waals surface area contributed by atoms with Crippen molar-refractivity contribution >= 4 is 0 Å². The second kappa shape index (κ2) is 22.0. The summed E-state index contributed by atoms with van der Waals surface area (Å²) in [7, 11) is 0. The first kappa shape index (κ1) is 25.0. The van der Waals surface area contributed by atoms with Gasteiger partial charge in [-0.15, -0.1) is 0 Å². The van der Waals surface area contributed by atoms with E-state index in [1.54, 1.807) is 0 Å². The molecular formula is C24H51N. The summed E-state index contributed by atoms with van der Waals surface area (Å²) in [6.45, 7) is 8.16. The highest BCUT2D eigenvalue weighted by atomic mass is 14.9. The van der Waals surface area contributed by atoms with Crippen molar-refractivity contribution in [2.45, 2.75) is 149 Å². The maximum absolute atomic E-state index is 3.80. The molecule has 1 N–H and O–H groups in total. The van der Waals surface area contributed by atoms with Gasteiger partial charge in [-0.3, -0.25) is 0 Å². The van der Waals surface area contributed by atoms with E-state index < -0.39 is 0 Å². The molecule has 0 saturated carbocycles. The van der Waals surface area contributed by atoms with Gasteiger partial charge in [0.2, 0.25) is 0 Å². The van der Waals surface area contributed by atoms with Crippen LogP contribution in [0.1, 0.15) is 143 Å². The van der Waals surface area contributed by atoms with Crippen LogP contribution in [0.4, 0.5) is 0 Å². The van der Waals surface area contributed by atoms with E-state index in [0.717, 1.165) is 6.04 Å². The summed E-state index contributed by atoms with van der Waals surface area (Å²) in [5.41, 5.74) is 0. The summed E-state index contributed by atoms with van der Waals surface area (Å²) in [5.74, 6) is 0. The summed E-state index contributed by atoms with van der Waals surface area (Å²) in [6, 6.07) is 0.784. The molecule has 0 radical (unpaired) electrons. The predicted molar refractivity (Wildman–Crippen MR) is 117 cm³/mol. The van der Waals surface area contributed by atoms with Crippen molar-refractivity contribution < 1.29 is 0 Å². The monoisotopic (exact) mass is 353 g/mol. The van der Waals surface area contributed by atoms with Crippen molar-refractivity contribution in [2.75, 3.05) is 6.54 Å². The minimum Gasteiger partial charge on any atom is -0.314 e. The third-order valence-electron chi connectivity index (χ3n) is 5.51. The van der Waals surface area contributed by atoms with Crippen molar-refractivity contribution in [1.82, 2.24) is 5.32 Å². The fraction of sp³-hybridized carbons (Fsp3) is 1.00. The number of rotatable bonds is 21. The zero-order valence-corrected chi connectivity index (χ0v) is 18.2. The molecule has 0 heterocycles. The molecule has 0 aliphatic heterocycles. The van der Waals surface area contributed by atoms with Gasteiger partial charge in [-0.2, -0.15) is 0 Å². The van der Waals surface area contributed by atoms with Gasteiger partial charge in [0.15, 0.2) is 0 Å². The van der Waals surface area contributed by atoms with Gasteiger partial charge >= 0.3 is 0 Å². The van der Waals surface area contributed by atoms with Gasteiger partial charge in [0.25, 0.3) is 0 Å². The van der Waals surface area contributed by atoms with Crippen LogP contribution in [0, 0.1) is 0 Å². The van der Waals surface area contributed by atoms with Gasteiger partial charge in [-0.05, 0) is 25.8 Å². The normalized spacial score (nSPS) is 12.6. The number of unbranched alkanes of at least 4 members (excludes halogenated alkanes) is 14. The zero-order valence-electron chi connectivity index (χ0n) is 18.2. The quantitative estimate of drug-likeness (QED) is 0.204. The molecule has 152 valence electrons. The molecule has 25 heavy (non-hydrogen) atoms. The van der Waals surface area contributed by atoms with Crippen molar-refractivity contribution in [2.24, 2.45) is 0 Å². The van der Waals surface area contributed by atoms with E-state index in [0.29, 0.717) is 0 Å². The highest BCUT2D eigenvalue weighted by molar-refractivity contribution is 4.66. The standard InChI is InChI=1S/C24H51N/c1-4-7-9-10-11-12-13-14-15-16-17-18-19-20-23-25-24(21-6-3)22-8-5-2/h24-25H,4-23H2,1-3H3. The van der Waals surface area contributed by atoms with E-state index in [9.17, 15) is 0 Å². The van der Waals surface area contributed by atoms with Gasteiger partial charge in [0, 0.05) is 6.04 Å². The Morgan fingerprint density at radius 3 is 1.32 bits per heavy atom. The molecule has 0 spiro atoms. The average molecular weight is 354 g/mol. The largest absolute Gasteiger partial charge is 0.314 e. The summed E-state index contributed by atoms with van der Waals surface area (Å²) < 4.78 is 0. The summed E-state index contributed by atoms with van der Waals surface area (Å²) >= 11 is 0. The fourth-order valence-corrected chi connectivity index (χ4v) is 3.77. The number of hydrogen-bond acceptors (Lipinski definition) is 1. The first-order chi connectivity index (χ1) is 12.3. The highest BCUT2D eigenvalue weighted by Crippen LogP contribution is 2.13. The van der Waals surface area contributed by atoms with Gasteiger partial charge in [-0.25, -0.2) is 0 Å². The number of nitrogens with one attached hydrogen (secondary N) is 1. The Kier molecular flexibility index (Phi) is 22.0. The second-order valence-electron chi connectivity index (χ2n) is 8.18. The molecule has 1 unspecified atom stereocenters. The average Bonchev–Trinajstić information content (AvgIpc) is 2.62. The van der Waals surface area contributed by atoms with E-state index in [2.05, 4.69) is 26.1 Å². The lowest BCUT2D eigenvalue weighted by Crippen LogP contribution is -2.29. The lowest BCUT2D eigenvalue weighted by Gasteiger charge is -2.17. The van der Waals surface area contributed by atoms with Crippen LogP contribution < -0.4 is 5.32 Å². The van der Waals surface area contributed by atoms with Crippen LogP contribution in [-0.2, 0) is 0 Å². The van der Waals surface area contributed by atoms with Gasteiger partial charge < -0.3 is 5.32 Å². The third-order valence-corrected chi connectivity index (χ3v) is 5.51. The smallest absolute Gasteiger partial charge is 0.00669 e. The predicted octanol–water partition coefficient (Wildman–Crippen LogP) is 8.42. The molecule has 0 aliphatic carbocycles. The van der Waals surface area contributed by atoms with Crippen molar-refractivity contribution in [3.05, 3.63) is 0 Å². The van der Waals surface area contributed by atoms with Crippen LogP contribution in [0.15, 0.2) is 0 Å². The van der Waals surface area contributed by atoms with E-state index in [1.165, 1.54) is 129 Å². The van der Waals surface area contributed by atoms with Gasteiger partial charge in [0.05, 0.1) is 0 Å². The molecule has 0 aliphatic rings. The van der Waals surface area contributed by atoms with Gasteiger partial charge in [-0.1, -0.05) is 124 Å². The molecule has 1 heteroatoms. The molecule has 0 bridgehead atoms. The van der Waals surface area contributed by atoms with Crippen molar-refractivity contribution in [1.29, 1.82) is 0 Å². The van der Waals surface area contributed by atoms with E-state index in [-0.39, 0.29) is 0 Å². The SMILES string of the molecule is CCCCCCCCCCCCCCCCNC(CCC)CCCC. The third kappa shape index (κ3) is 20.1. The fourth-order valence-electron chi connectivity index (χ4n) is 3.77. The highest BCUT2D eigenvalue weighted by Gasteiger charge is 2.05. The number of hydrogen-bond donors (Lipinski definition) is 1. The topological polar surface area (TPSA) is 12.0 Å². The molecule has 0 saturated heterocycles. The zero-order chi connectivity index (χ0) is 18.4. The maximum Gasteiger partial charge on any atom is 0.00669 e. The molecule has 0 fully saturated rings. The molecule has 0 amide bonds. The van der Waals surface area contributed by atoms with Crippen LogP contribution in [0.25, 0.3) is 0 Å². The Bertz CT molecular complexity index is 226. The molecule has 0 rings (SSSR count). The lowest BCUT2D eigenvalue weighted by molar-refractivity contribution is 0.426. The van der Waals surface area contributed by atoms with Crippen molar-refractivity contribution in [3.8, 4) is 0 Å². The molecule has 1 nitrogen and oxygen atoms in total. The van der Waals surface area contributed by atoms with Crippen molar-refractivity contribution in [3.63, 3.8) is 0 Å². The second-order valence-corrected chi connectivity index (χ2v) is 8.18. The van der Waals surface area contributed by atoms with Crippen LogP contribution >= 0.6 is 0 Å². The Labute approximate surface area is 161 Å². The molecule has 0 aromatic rings. The maximum atomic E-state index is 3.80. The Morgan fingerprint density at radius 2 is 0.880 bits per heavy atom. The van der Waals surface area contributed by atoms with Crippen LogP contribution in [0.5, 0.6) is 0 Å². The van der Waals surface area contributed by atoms with Crippen LogP contribution in [0.3, 0.4) is 0 Å². The minimum atomic E-state index is 0.784. The van der Waals surface area contributed by atoms with Gasteiger partial charge in [0.1, 0.15) is 0 Å². The van der Waals surface area contributed by atoms with E-state index in [4.69, 9.17) is 0 Å².